The molecule has 1 N–H and O–H groups in total. The topological polar surface area (TPSA) is 73.5 Å². The standard InChI is InChI=1S/C28H27N3O3S2/c1-13-4-8-16(9-5-13)31-26(32)21-17-12-18(22(21)27(31)33)23-20(17)19(24-25(35-23)29-28(34)36-24)14-6-10-15(11-7-14)30(2)3/h4-11,17-23H,12H2,1-3H3,(H,29,34)/t17-,18-,19+,20-,21-,22-,23+/m0/s1. The summed E-state index contributed by atoms with van der Waals surface area (Å²) in [5.74, 6) is -0.0711. The average Bonchev–Trinajstić information content (AvgIpc) is 3.59. The molecule has 8 heteroatoms. The second-order valence-electron chi connectivity index (χ2n) is 10.8. The molecule has 1 aromatic heterocycles. The van der Waals surface area contributed by atoms with E-state index in [2.05, 4.69) is 34.1 Å². The fraction of sp³-hybridized carbons (Fsp3) is 0.393. The quantitative estimate of drug-likeness (QED) is 0.519. The van der Waals surface area contributed by atoms with Crippen molar-refractivity contribution in [2.24, 2.45) is 29.6 Å². The van der Waals surface area contributed by atoms with Crippen molar-refractivity contribution >= 4 is 46.3 Å². The van der Waals surface area contributed by atoms with E-state index in [0.717, 1.165) is 27.6 Å². The molecule has 7 rings (SSSR count). The number of carbonyl (C=O) groups is 2. The number of aromatic nitrogens is 1. The number of rotatable bonds is 3. The molecule has 6 nitrogen and oxygen atoms in total. The van der Waals surface area contributed by atoms with Gasteiger partial charge in [-0.2, -0.15) is 0 Å². The number of amides is 2. The fourth-order valence-corrected chi connectivity index (χ4v) is 10.2. The minimum Gasteiger partial charge on any atom is -0.378 e. The Balaban J connectivity index is 1.31. The van der Waals surface area contributed by atoms with Crippen LogP contribution in [-0.4, -0.2) is 36.1 Å². The van der Waals surface area contributed by atoms with Gasteiger partial charge < -0.3 is 9.88 Å². The molecule has 0 spiro atoms. The highest BCUT2D eigenvalue weighted by atomic mass is 32.2. The number of imide groups is 1. The second-order valence-corrected chi connectivity index (χ2v) is 13.0. The number of aromatic amines is 1. The van der Waals surface area contributed by atoms with Gasteiger partial charge in [0.05, 0.1) is 22.5 Å². The molecule has 2 aromatic carbocycles. The number of thioether (sulfide) groups is 1. The van der Waals surface area contributed by atoms with Crippen LogP contribution < -0.4 is 14.7 Å². The Kier molecular flexibility index (Phi) is 4.86. The monoisotopic (exact) mass is 517 g/mol. The number of carbonyl (C=O) groups excluding carboxylic acids is 2. The number of benzene rings is 2. The Morgan fingerprint density at radius 1 is 0.917 bits per heavy atom. The predicted molar refractivity (Wildman–Crippen MR) is 143 cm³/mol. The number of fused-ring (bicyclic) bond motifs is 9. The van der Waals surface area contributed by atoms with Crippen molar-refractivity contribution in [3.63, 3.8) is 0 Å². The van der Waals surface area contributed by atoms with Crippen LogP contribution in [0.2, 0.25) is 0 Å². The third-order valence-corrected chi connectivity index (χ3v) is 11.4. The first-order valence-electron chi connectivity index (χ1n) is 12.4. The van der Waals surface area contributed by atoms with E-state index in [1.165, 1.54) is 21.8 Å². The molecule has 36 heavy (non-hydrogen) atoms. The van der Waals surface area contributed by atoms with Crippen molar-refractivity contribution < 1.29 is 9.59 Å². The Morgan fingerprint density at radius 2 is 1.58 bits per heavy atom. The van der Waals surface area contributed by atoms with E-state index < -0.39 is 0 Å². The highest BCUT2D eigenvalue weighted by Gasteiger charge is 2.69. The first-order valence-corrected chi connectivity index (χ1v) is 14.1. The van der Waals surface area contributed by atoms with Gasteiger partial charge in [-0.05, 0) is 60.9 Å². The van der Waals surface area contributed by atoms with Crippen molar-refractivity contribution in [2.45, 2.75) is 29.5 Å². The van der Waals surface area contributed by atoms with E-state index >= 15 is 0 Å². The summed E-state index contributed by atoms with van der Waals surface area (Å²) in [6, 6.07) is 16.3. The van der Waals surface area contributed by atoms with Crippen molar-refractivity contribution in [3.05, 3.63) is 74.2 Å². The molecule has 3 aromatic rings. The van der Waals surface area contributed by atoms with Gasteiger partial charge in [-0.25, -0.2) is 0 Å². The molecule has 2 bridgehead atoms. The van der Waals surface area contributed by atoms with E-state index in [9.17, 15) is 14.4 Å². The summed E-state index contributed by atoms with van der Waals surface area (Å²) in [4.78, 5) is 47.6. The number of hydrogen-bond donors (Lipinski definition) is 1. The summed E-state index contributed by atoms with van der Waals surface area (Å²) in [5, 5.41) is 1.16. The van der Waals surface area contributed by atoms with Gasteiger partial charge in [0.2, 0.25) is 11.8 Å². The minimum absolute atomic E-state index is 0.0346. The Morgan fingerprint density at radius 3 is 2.25 bits per heavy atom. The van der Waals surface area contributed by atoms with Crippen molar-refractivity contribution in [3.8, 4) is 0 Å². The van der Waals surface area contributed by atoms with Crippen LogP contribution in [0.1, 0.15) is 28.3 Å². The SMILES string of the molecule is Cc1ccc(N2C(=O)[C@H]3[C@@H]4C[C@H]([C@@H]3C2=O)[C@H]2[C@@H](c3ccc(N(C)C)cc3)c3sc(=O)[nH]c3S[C@H]42)cc1. The normalized spacial score (nSPS) is 32.0. The number of H-pyrrole nitrogens is 1. The summed E-state index contributed by atoms with van der Waals surface area (Å²) in [7, 11) is 4.05. The summed E-state index contributed by atoms with van der Waals surface area (Å²) < 4.78 is 0. The predicted octanol–water partition coefficient (Wildman–Crippen LogP) is 4.49. The van der Waals surface area contributed by atoms with Crippen LogP contribution in [0.3, 0.4) is 0 Å². The van der Waals surface area contributed by atoms with E-state index in [1.807, 2.05) is 45.3 Å². The molecular formula is C28H27N3O3S2. The van der Waals surface area contributed by atoms with Crippen molar-refractivity contribution in [1.82, 2.24) is 4.98 Å². The van der Waals surface area contributed by atoms with E-state index in [4.69, 9.17) is 0 Å². The number of hydrogen-bond acceptors (Lipinski definition) is 6. The van der Waals surface area contributed by atoms with Crippen LogP contribution in [0.25, 0.3) is 0 Å². The first kappa shape index (κ1) is 22.4. The maximum atomic E-state index is 13.8. The molecule has 7 atom stereocenters. The minimum atomic E-state index is -0.272. The van der Waals surface area contributed by atoms with E-state index in [1.54, 1.807) is 11.8 Å². The molecule has 3 heterocycles. The second kappa shape index (κ2) is 7.83. The molecule has 2 aliphatic carbocycles. The number of thiazole rings is 1. The molecule has 1 saturated heterocycles. The van der Waals surface area contributed by atoms with Gasteiger partial charge in [0.1, 0.15) is 0 Å². The maximum absolute atomic E-state index is 13.8. The largest absolute Gasteiger partial charge is 0.378 e. The average molecular weight is 518 g/mol. The molecule has 0 radical (unpaired) electrons. The van der Waals surface area contributed by atoms with Gasteiger partial charge in [0, 0.05) is 35.8 Å². The fourth-order valence-electron chi connectivity index (χ4n) is 7.32. The number of aryl methyl sites for hydroxylation is 1. The lowest BCUT2D eigenvalue weighted by molar-refractivity contribution is -0.123. The number of anilines is 2. The van der Waals surface area contributed by atoms with Crippen LogP contribution in [-0.2, 0) is 9.59 Å². The Labute approximate surface area is 217 Å². The molecule has 184 valence electrons. The van der Waals surface area contributed by atoms with Gasteiger partial charge in [-0.3, -0.25) is 19.3 Å². The van der Waals surface area contributed by atoms with E-state index in [0.29, 0.717) is 5.69 Å². The van der Waals surface area contributed by atoms with Crippen LogP contribution in [0.15, 0.2) is 58.4 Å². The van der Waals surface area contributed by atoms with Crippen LogP contribution in [0.5, 0.6) is 0 Å². The zero-order chi connectivity index (χ0) is 24.9. The van der Waals surface area contributed by atoms with Gasteiger partial charge in [0.25, 0.3) is 0 Å². The summed E-state index contributed by atoms with van der Waals surface area (Å²) in [5.41, 5.74) is 4.09. The molecule has 2 amide bonds. The highest BCUT2D eigenvalue weighted by Crippen LogP contribution is 2.68. The number of nitrogens with zero attached hydrogens (tertiary/aromatic N) is 2. The van der Waals surface area contributed by atoms with Gasteiger partial charge in [0.15, 0.2) is 0 Å². The van der Waals surface area contributed by atoms with Gasteiger partial charge in [-0.1, -0.05) is 41.2 Å². The lowest BCUT2D eigenvalue weighted by atomic mass is 9.68. The Bertz CT molecular complexity index is 1440. The first-order chi connectivity index (χ1) is 17.3. The lowest BCUT2D eigenvalue weighted by Gasteiger charge is -2.43. The molecule has 2 aliphatic heterocycles. The number of nitrogens with one attached hydrogen (secondary N) is 1. The molecule has 4 aliphatic rings. The Hall–Kier alpha value is -2.84. The molecule has 2 saturated carbocycles. The molecular weight excluding hydrogens is 490 g/mol. The van der Waals surface area contributed by atoms with Gasteiger partial charge in [-0.15, -0.1) is 11.8 Å². The van der Waals surface area contributed by atoms with Gasteiger partial charge >= 0.3 is 4.87 Å². The third-order valence-electron chi connectivity index (χ3n) is 8.78. The zero-order valence-electron chi connectivity index (χ0n) is 20.3. The summed E-state index contributed by atoms with van der Waals surface area (Å²) in [6.45, 7) is 2.00. The maximum Gasteiger partial charge on any atom is 0.305 e. The van der Waals surface area contributed by atoms with Crippen LogP contribution >= 0.6 is 23.1 Å². The summed E-state index contributed by atoms with van der Waals surface area (Å²) >= 11 is 3.03. The zero-order valence-corrected chi connectivity index (χ0v) is 21.9. The van der Waals surface area contributed by atoms with Crippen molar-refractivity contribution in [2.75, 3.05) is 23.9 Å². The third kappa shape index (κ3) is 3.00. The highest BCUT2D eigenvalue weighted by molar-refractivity contribution is 8.00. The van der Waals surface area contributed by atoms with E-state index in [-0.39, 0.29) is 57.4 Å². The van der Waals surface area contributed by atoms with Crippen LogP contribution in [0.4, 0.5) is 11.4 Å². The van der Waals surface area contributed by atoms with Crippen molar-refractivity contribution in [1.29, 1.82) is 0 Å². The van der Waals surface area contributed by atoms with Crippen LogP contribution in [0, 0.1) is 36.5 Å². The summed E-state index contributed by atoms with van der Waals surface area (Å²) in [6.07, 6.45) is 0.905. The molecule has 0 unspecified atom stereocenters. The lowest BCUT2D eigenvalue weighted by Crippen LogP contribution is -2.42. The molecule has 3 fully saturated rings. The smallest absolute Gasteiger partial charge is 0.305 e.